The first-order valence-corrected chi connectivity index (χ1v) is 6.40. The van der Waals surface area contributed by atoms with Gasteiger partial charge in [-0.2, -0.15) is 0 Å². The highest BCUT2D eigenvalue weighted by atomic mass is 32.1. The lowest BCUT2D eigenvalue weighted by atomic mass is 10.1. The zero-order valence-electron chi connectivity index (χ0n) is 10.4. The third-order valence-corrected chi connectivity index (χ3v) is 3.48. The van der Waals surface area contributed by atoms with Crippen LogP contribution in [0.3, 0.4) is 0 Å². The van der Waals surface area contributed by atoms with Crippen LogP contribution in [0.4, 0.5) is 0 Å². The van der Waals surface area contributed by atoms with E-state index in [1.54, 1.807) is 6.20 Å². The number of aromatic nitrogens is 3. The highest BCUT2D eigenvalue weighted by molar-refractivity contribution is 7.71. The van der Waals surface area contributed by atoms with Gasteiger partial charge in [-0.15, -0.1) is 0 Å². The smallest absolute Gasteiger partial charge is 0.255 e. The monoisotopic (exact) mass is 271 g/mol. The summed E-state index contributed by atoms with van der Waals surface area (Å²) < 4.78 is 2.43. The minimum Gasteiger partial charge on any atom is -0.350 e. The third kappa shape index (κ3) is 2.13. The van der Waals surface area contributed by atoms with Gasteiger partial charge in [-0.3, -0.25) is 9.78 Å². The summed E-state index contributed by atoms with van der Waals surface area (Å²) in [6.45, 7) is 0. The molecule has 0 atom stereocenters. The fourth-order valence-corrected chi connectivity index (χ4v) is 2.49. The summed E-state index contributed by atoms with van der Waals surface area (Å²) in [6.07, 6.45) is 4.33. The lowest BCUT2D eigenvalue weighted by Crippen LogP contribution is -2.13. The maximum atomic E-state index is 11.8. The van der Waals surface area contributed by atoms with Crippen LogP contribution in [0.15, 0.2) is 41.5 Å². The molecule has 0 fully saturated rings. The molecule has 3 rings (SSSR count). The molecule has 0 saturated carbocycles. The Bertz CT molecular complexity index is 857. The molecule has 3 aromatic rings. The number of rotatable bonds is 2. The fraction of sp³-hybridized carbons (Fsp3) is 0.143. The van der Waals surface area contributed by atoms with E-state index in [1.165, 1.54) is 5.39 Å². The Balaban J connectivity index is 2.11. The van der Waals surface area contributed by atoms with E-state index in [0.29, 0.717) is 16.8 Å². The molecule has 5 heteroatoms. The number of hydrogen-bond acceptors (Lipinski definition) is 2. The molecule has 0 saturated heterocycles. The zero-order valence-corrected chi connectivity index (χ0v) is 11.3. The van der Waals surface area contributed by atoms with E-state index in [-0.39, 0.29) is 5.56 Å². The summed E-state index contributed by atoms with van der Waals surface area (Å²) in [4.78, 5) is 17.3. The first-order chi connectivity index (χ1) is 9.15. The maximum absolute atomic E-state index is 11.8. The molecule has 2 heterocycles. The van der Waals surface area contributed by atoms with Crippen molar-refractivity contribution in [1.29, 1.82) is 0 Å². The highest BCUT2D eigenvalue weighted by Gasteiger charge is 2.08. The fourth-order valence-electron chi connectivity index (χ4n) is 2.34. The van der Waals surface area contributed by atoms with Crippen LogP contribution in [0.1, 0.15) is 11.1 Å². The van der Waals surface area contributed by atoms with Crippen molar-refractivity contribution >= 4 is 23.1 Å². The molecule has 0 unspecified atom stereocenters. The molecule has 4 nitrogen and oxygen atoms in total. The molecule has 0 radical (unpaired) electrons. The summed E-state index contributed by atoms with van der Waals surface area (Å²) in [5.74, 6) is 0. The standard InChI is InChI=1S/C14H13N3OS/c1-17-8-10(11-4-2-3-5-12(11)17)6-9-7-15-14(19)16-13(9)18/h2-5,7-8H,6H2,1H3,(H2,15,16,18,19). The van der Waals surface area contributed by atoms with Gasteiger partial charge in [0, 0.05) is 42.3 Å². The summed E-state index contributed by atoms with van der Waals surface area (Å²) in [5, 5.41) is 1.17. The Hall–Kier alpha value is -2.14. The number of nitrogens with one attached hydrogen (secondary N) is 2. The van der Waals surface area contributed by atoms with Crippen molar-refractivity contribution in [3.63, 3.8) is 0 Å². The summed E-state index contributed by atoms with van der Waals surface area (Å²) in [6, 6.07) is 8.17. The Kier molecular flexibility index (Phi) is 2.83. The van der Waals surface area contributed by atoms with Crippen molar-refractivity contribution in [2.75, 3.05) is 0 Å². The molecule has 1 aromatic carbocycles. The number of H-pyrrole nitrogens is 2. The number of nitrogens with zero attached hydrogens (tertiary/aromatic N) is 1. The van der Waals surface area contributed by atoms with Crippen LogP contribution in [0.25, 0.3) is 10.9 Å². The van der Waals surface area contributed by atoms with Gasteiger partial charge >= 0.3 is 0 Å². The molecule has 0 aliphatic carbocycles. The van der Waals surface area contributed by atoms with E-state index in [0.717, 1.165) is 11.1 Å². The van der Waals surface area contributed by atoms with E-state index < -0.39 is 0 Å². The van der Waals surface area contributed by atoms with E-state index >= 15 is 0 Å². The number of hydrogen-bond donors (Lipinski definition) is 2. The number of aryl methyl sites for hydroxylation is 1. The van der Waals surface area contributed by atoms with E-state index in [4.69, 9.17) is 12.2 Å². The number of aromatic amines is 2. The van der Waals surface area contributed by atoms with Crippen molar-refractivity contribution in [3.8, 4) is 0 Å². The van der Waals surface area contributed by atoms with Crippen molar-refractivity contribution in [2.45, 2.75) is 6.42 Å². The average molecular weight is 271 g/mol. The molecule has 0 aliphatic heterocycles. The molecule has 2 N–H and O–H groups in total. The first kappa shape index (κ1) is 11.9. The predicted octanol–water partition coefficient (Wildman–Crippen LogP) is 2.51. The van der Waals surface area contributed by atoms with Gasteiger partial charge in [-0.1, -0.05) is 18.2 Å². The summed E-state index contributed by atoms with van der Waals surface area (Å²) >= 11 is 4.89. The van der Waals surface area contributed by atoms with Crippen molar-refractivity contribution < 1.29 is 0 Å². The molecule has 0 bridgehead atoms. The van der Waals surface area contributed by atoms with E-state index in [9.17, 15) is 4.79 Å². The van der Waals surface area contributed by atoms with Crippen molar-refractivity contribution in [1.82, 2.24) is 14.5 Å². The summed E-state index contributed by atoms with van der Waals surface area (Å²) in [5.41, 5.74) is 2.86. The second-order valence-corrected chi connectivity index (χ2v) is 4.96. The van der Waals surface area contributed by atoms with Gasteiger partial charge in [0.2, 0.25) is 0 Å². The lowest BCUT2D eigenvalue weighted by molar-refractivity contribution is 0.951. The van der Waals surface area contributed by atoms with Gasteiger partial charge in [0.15, 0.2) is 4.77 Å². The summed E-state index contributed by atoms with van der Waals surface area (Å²) in [7, 11) is 2.01. The highest BCUT2D eigenvalue weighted by Crippen LogP contribution is 2.21. The molecule has 0 aliphatic rings. The minimum atomic E-state index is -0.128. The van der Waals surface area contributed by atoms with Gasteiger partial charge < -0.3 is 9.55 Å². The normalized spacial score (nSPS) is 11.0. The van der Waals surface area contributed by atoms with Gasteiger partial charge in [0.1, 0.15) is 0 Å². The topological polar surface area (TPSA) is 53.6 Å². The van der Waals surface area contributed by atoms with Crippen LogP contribution < -0.4 is 5.56 Å². The van der Waals surface area contributed by atoms with Crippen molar-refractivity contribution in [3.05, 3.63) is 62.9 Å². The van der Waals surface area contributed by atoms with E-state index in [1.807, 2.05) is 19.2 Å². The Labute approximate surface area is 114 Å². The van der Waals surface area contributed by atoms with Crippen LogP contribution in [-0.4, -0.2) is 14.5 Å². The predicted molar refractivity (Wildman–Crippen MR) is 78.0 cm³/mol. The Morgan fingerprint density at radius 3 is 2.84 bits per heavy atom. The van der Waals surface area contributed by atoms with E-state index in [2.05, 4.69) is 32.9 Å². The minimum absolute atomic E-state index is 0.128. The number of fused-ring (bicyclic) bond motifs is 1. The first-order valence-electron chi connectivity index (χ1n) is 5.99. The van der Waals surface area contributed by atoms with Crippen LogP contribution in [0.5, 0.6) is 0 Å². The van der Waals surface area contributed by atoms with Gasteiger partial charge in [-0.25, -0.2) is 0 Å². The van der Waals surface area contributed by atoms with Crippen LogP contribution >= 0.6 is 12.2 Å². The number of para-hydroxylation sites is 1. The average Bonchev–Trinajstić information content (AvgIpc) is 2.71. The Morgan fingerprint density at radius 2 is 2.05 bits per heavy atom. The Morgan fingerprint density at radius 1 is 1.26 bits per heavy atom. The maximum Gasteiger partial charge on any atom is 0.255 e. The molecule has 0 spiro atoms. The second kappa shape index (κ2) is 4.51. The van der Waals surface area contributed by atoms with Gasteiger partial charge in [0.25, 0.3) is 5.56 Å². The van der Waals surface area contributed by atoms with Gasteiger partial charge in [0.05, 0.1) is 0 Å². The van der Waals surface area contributed by atoms with Crippen LogP contribution in [-0.2, 0) is 13.5 Å². The largest absolute Gasteiger partial charge is 0.350 e. The second-order valence-electron chi connectivity index (χ2n) is 4.56. The molecule has 19 heavy (non-hydrogen) atoms. The zero-order chi connectivity index (χ0) is 13.4. The van der Waals surface area contributed by atoms with Crippen LogP contribution in [0.2, 0.25) is 0 Å². The quantitative estimate of drug-likeness (QED) is 0.704. The third-order valence-electron chi connectivity index (χ3n) is 3.26. The number of benzene rings is 1. The van der Waals surface area contributed by atoms with Gasteiger partial charge in [-0.05, 0) is 23.8 Å². The molecular formula is C14H13N3OS. The SMILES string of the molecule is Cn1cc(Cc2c[nH]c(=S)[nH]c2=O)c2ccccc21. The molecular weight excluding hydrogens is 258 g/mol. The van der Waals surface area contributed by atoms with Crippen LogP contribution in [0, 0.1) is 4.77 Å². The molecule has 0 amide bonds. The van der Waals surface area contributed by atoms with Crippen molar-refractivity contribution in [2.24, 2.45) is 7.05 Å². The lowest BCUT2D eigenvalue weighted by Gasteiger charge is -1.99. The molecule has 2 aromatic heterocycles. The molecule has 96 valence electrons.